The summed E-state index contributed by atoms with van der Waals surface area (Å²) in [6.07, 6.45) is -6.14. The van der Waals surface area contributed by atoms with E-state index in [2.05, 4.69) is 41.4 Å². The van der Waals surface area contributed by atoms with Crippen molar-refractivity contribution >= 4 is 0 Å². The molecule has 0 heterocycles. The van der Waals surface area contributed by atoms with E-state index in [1.54, 1.807) is 0 Å². The zero-order valence-corrected chi connectivity index (χ0v) is 17.3. The third-order valence-electron chi connectivity index (χ3n) is 4.69. The van der Waals surface area contributed by atoms with Crippen LogP contribution in [-0.4, -0.2) is 12.4 Å². The van der Waals surface area contributed by atoms with Crippen molar-refractivity contribution in [1.29, 1.82) is 0 Å². The highest BCUT2D eigenvalue weighted by molar-refractivity contribution is 5.58. The van der Waals surface area contributed by atoms with E-state index in [1.807, 2.05) is 0 Å². The number of terminal acetylenes is 1. The Bertz CT molecular complexity index is 1240. The Balaban J connectivity index is 3.05. The predicted octanol–water partition coefficient (Wildman–Crippen LogP) is 6.19. The van der Waals surface area contributed by atoms with E-state index >= 15 is 0 Å². The molecule has 0 aromatic heterocycles. The average Bonchev–Trinajstić information content (AvgIpc) is 2.69. The number of hydrogen-bond acceptors (Lipinski definition) is 0. The first-order valence-electron chi connectivity index (χ1n) is 9.15. The van der Waals surface area contributed by atoms with E-state index in [-0.39, 0.29) is 22.3 Å². The molecular formula is C26H16F6. The van der Waals surface area contributed by atoms with Crippen LogP contribution in [0.1, 0.15) is 54.2 Å². The summed E-state index contributed by atoms with van der Waals surface area (Å²) >= 11 is 0. The molecule has 0 aliphatic rings. The van der Waals surface area contributed by atoms with E-state index in [4.69, 9.17) is 6.42 Å². The van der Waals surface area contributed by atoms with Crippen molar-refractivity contribution in [1.82, 2.24) is 0 Å². The van der Waals surface area contributed by atoms with E-state index in [9.17, 15) is 26.3 Å². The molecule has 0 bridgehead atoms. The topological polar surface area (TPSA) is 0 Å². The van der Waals surface area contributed by atoms with Gasteiger partial charge in [-0.2, -0.15) is 26.3 Å². The molecule has 0 aliphatic heterocycles. The lowest BCUT2D eigenvalue weighted by molar-refractivity contribution is -0.288. The largest absolute Gasteiger partial charge is 0.411 e. The summed E-state index contributed by atoms with van der Waals surface area (Å²) in [5, 5.41) is 0. The van der Waals surface area contributed by atoms with Crippen LogP contribution in [0.15, 0.2) is 36.4 Å². The molecule has 162 valence electrons. The maximum atomic E-state index is 14.4. The molecular weight excluding hydrogens is 426 g/mol. The van der Waals surface area contributed by atoms with Gasteiger partial charge in [0.05, 0.1) is 0 Å². The Morgan fingerprint density at radius 2 is 0.969 bits per heavy atom. The van der Waals surface area contributed by atoms with Gasteiger partial charge in [0.2, 0.25) is 5.41 Å². The van der Waals surface area contributed by atoms with Gasteiger partial charge in [0, 0.05) is 22.3 Å². The average molecular weight is 442 g/mol. The highest BCUT2D eigenvalue weighted by Crippen LogP contribution is 2.56. The first kappa shape index (κ1) is 24.5. The van der Waals surface area contributed by atoms with E-state index in [0.717, 1.165) is 30.3 Å². The van der Waals surface area contributed by atoms with Crippen molar-refractivity contribution in [3.8, 4) is 47.9 Å². The summed E-state index contributed by atoms with van der Waals surface area (Å²) in [6.45, 7) is 4.39. The summed E-state index contributed by atoms with van der Waals surface area (Å²) in [7, 11) is 0. The van der Waals surface area contributed by atoms with Crippen LogP contribution in [0.2, 0.25) is 0 Å². The number of benzene rings is 2. The van der Waals surface area contributed by atoms with Gasteiger partial charge in [-0.3, -0.25) is 0 Å². The maximum absolute atomic E-state index is 14.4. The first-order valence-corrected chi connectivity index (χ1v) is 9.15. The quantitative estimate of drug-likeness (QED) is 0.384. The van der Waals surface area contributed by atoms with Gasteiger partial charge in [0.1, 0.15) is 0 Å². The molecule has 2 aromatic carbocycles. The van der Waals surface area contributed by atoms with Crippen molar-refractivity contribution in [2.24, 2.45) is 0 Å². The lowest BCUT2D eigenvalue weighted by Gasteiger charge is -2.38. The van der Waals surface area contributed by atoms with Gasteiger partial charge in [-0.1, -0.05) is 35.8 Å². The van der Waals surface area contributed by atoms with Crippen LogP contribution in [0.3, 0.4) is 0 Å². The van der Waals surface area contributed by atoms with Crippen LogP contribution in [-0.2, 0) is 5.41 Å². The monoisotopic (exact) mass is 442 g/mol. The second-order valence-corrected chi connectivity index (χ2v) is 6.54. The Kier molecular flexibility index (Phi) is 7.03. The highest BCUT2D eigenvalue weighted by Gasteiger charge is 2.72. The lowest BCUT2D eigenvalue weighted by Crippen LogP contribution is -2.54. The third kappa shape index (κ3) is 4.19. The summed E-state index contributed by atoms with van der Waals surface area (Å²) in [6, 6.07) is 5.20. The fourth-order valence-electron chi connectivity index (χ4n) is 3.38. The SMILES string of the molecule is C#Cc1cc(C(c2ccc(C#CC)c(C#CC)c2)(C(F)(F)F)C(F)(F)F)ccc1C#CC. The van der Waals surface area contributed by atoms with Crippen molar-refractivity contribution in [3.63, 3.8) is 0 Å². The zero-order valence-electron chi connectivity index (χ0n) is 17.3. The lowest BCUT2D eigenvalue weighted by atomic mass is 9.71. The maximum Gasteiger partial charge on any atom is 0.411 e. The predicted molar refractivity (Wildman–Crippen MR) is 111 cm³/mol. The van der Waals surface area contributed by atoms with Gasteiger partial charge < -0.3 is 0 Å². The fraction of sp³-hybridized carbons (Fsp3) is 0.231. The minimum atomic E-state index is -5.75. The van der Waals surface area contributed by atoms with Gasteiger partial charge in [-0.15, -0.1) is 24.2 Å². The Labute approximate surface area is 183 Å². The van der Waals surface area contributed by atoms with Crippen LogP contribution >= 0.6 is 0 Å². The second kappa shape index (κ2) is 9.18. The minimum absolute atomic E-state index is 0.0390. The molecule has 0 fully saturated rings. The van der Waals surface area contributed by atoms with Gasteiger partial charge in [0.25, 0.3) is 0 Å². The molecule has 0 saturated carbocycles. The fourth-order valence-corrected chi connectivity index (χ4v) is 3.38. The summed E-state index contributed by atoms with van der Waals surface area (Å²) in [5.41, 5.74) is -6.26. The molecule has 0 amide bonds. The molecule has 0 aliphatic carbocycles. The van der Waals surface area contributed by atoms with Crippen LogP contribution < -0.4 is 0 Å². The van der Waals surface area contributed by atoms with E-state index in [1.165, 1.54) is 20.8 Å². The normalized spacial score (nSPS) is 11.1. The molecule has 6 heteroatoms. The van der Waals surface area contributed by atoms with Crippen LogP contribution in [0.5, 0.6) is 0 Å². The second-order valence-electron chi connectivity index (χ2n) is 6.54. The highest BCUT2D eigenvalue weighted by atomic mass is 19.4. The third-order valence-corrected chi connectivity index (χ3v) is 4.69. The molecule has 32 heavy (non-hydrogen) atoms. The van der Waals surface area contributed by atoms with Crippen molar-refractivity contribution < 1.29 is 26.3 Å². The van der Waals surface area contributed by atoms with E-state index in [0.29, 0.717) is 6.07 Å². The smallest absolute Gasteiger partial charge is 0.169 e. The number of hydrogen-bond donors (Lipinski definition) is 0. The molecule has 0 radical (unpaired) electrons. The Hall–Kier alpha value is -3.74. The molecule has 2 aromatic rings. The molecule has 0 saturated heterocycles. The number of rotatable bonds is 2. The van der Waals surface area contributed by atoms with Gasteiger partial charge in [0.15, 0.2) is 0 Å². The summed E-state index contributed by atoms with van der Waals surface area (Å²) in [5.74, 6) is 17.5. The Morgan fingerprint density at radius 3 is 1.34 bits per heavy atom. The molecule has 2 rings (SSSR count). The number of halogens is 6. The van der Waals surface area contributed by atoms with E-state index < -0.39 is 28.9 Å². The Morgan fingerprint density at radius 1 is 0.594 bits per heavy atom. The van der Waals surface area contributed by atoms with Crippen molar-refractivity contribution in [2.75, 3.05) is 0 Å². The van der Waals surface area contributed by atoms with Crippen LogP contribution in [0.25, 0.3) is 0 Å². The molecule has 0 unspecified atom stereocenters. The van der Waals surface area contributed by atoms with Crippen molar-refractivity contribution in [2.45, 2.75) is 38.5 Å². The minimum Gasteiger partial charge on any atom is -0.169 e. The molecule has 0 atom stereocenters. The molecule has 0 spiro atoms. The number of alkyl halides is 6. The van der Waals surface area contributed by atoms with Gasteiger partial charge in [-0.25, -0.2) is 0 Å². The van der Waals surface area contributed by atoms with Crippen LogP contribution in [0.4, 0.5) is 26.3 Å². The van der Waals surface area contributed by atoms with Crippen molar-refractivity contribution in [3.05, 3.63) is 69.8 Å². The van der Waals surface area contributed by atoms with Gasteiger partial charge >= 0.3 is 12.4 Å². The zero-order chi connectivity index (χ0) is 24.2. The summed E-state index contributed by atoms with van der Waals surface area (Å²) in [4.78, 5) is 0. The summed E-state index contributed by atoms with van der Waals surface area (Å²) < 4.78 is 86.6. The standard InChI is InChI=1S/C26H16F6/c1-5-9-19-12-14-22(16-18(19)8-4)24(25(27,28)29,26(30,31)32)23-15-13-20(10-6-2)21(17-23)11-7-3/h4,12-17H,1-3H3. The first-order chi connectivity index (χ1) is 15.0. The van der Waals surface area contributed by atoms with Crippen LogP contribution in [0, 0.1) is 47.9 Å². The molecule has 0 nitrogen and oxygen atoms in total. The molecule has 0 N–H and O–H groups in total. The van der Waals surface area contributed by atoms with Gasteiger partial charge in [-0.05, 0) is 56.2 Å².